The molecule has 11 nitrogen and oxygen atoms in total. The van der Waals surface area contributed by atoms with Gasteiger partial charge in [0.15, 0.2) is 0 Å². The van der Waals surface area contributed by atoms with E-state index in [1.165, 1.54) is 0 Å². The summed E-state index contributed by atoms with van der Waals surface area (Å²) in [4.78, 5) is 29.9. The Kier molecular flexibility index (Phi) is 7.52. The number of ether oxygens (including phenoxy) is 5. The SMILES string of the molecule is CCOc1ccc(C(=O)Nc2ccccc2C(=O)O[C@@]23CC[C@H](OC)C45C2CC(N4CC3)[C@@]2(O)C[C@H](OC)[C@H]3C[C@H]5[C@]2(O)[C@H]3OC)cc1. The largest absolute Gasteiger partial charge is 0.494 e. The lowest BCUT2D eigenvalue weighted by Crippen LogP contribution is -2.85. The first-order valence-electron chi connectivity index (χ1n) is 17.3. The highest BCUT2D eigenvalue weighted by Crippen LogP contribution is 2.74. The number of rotatable bonds is 9. The van der Waals surface area contributed by atoms with Crippen LogP contribution in [0.2, 0.25) is 0 Å². The second-order valence-electron chi connectivity index (χ2n) is 14.6. The van der Waals surface area contributed by atoms with Crippen molar-refractivity contribution >= 4 is 17.6 Å². The summed E-state index contributed by atoms with van der Waals surface area (Å²) >= 11 is 0. The molecule has 3 aliphatic carbocycles. The van der Waals surface area contributed by atoms with Crippen LogP contribution in [0.25, 0.3) is 0 Å². The van der Waals surface area contributed by atoms with Gasteiger partial charge in [-0.2, -0.15) is 0 Å². The molecule has 7 bridgehead atoms. The van der Waals surface area contributed by atoms with Gasteiger partial charge in [-0.3, -0.25) is 9.69 Å². The van der Waals surface area contributed by atoms with Gasteiger partial charge in [0.1, 0.15) is 22.6 Å². The number of para-hydroxylation sites is 1. The van der Waals surface area contributed by atoms with Gasteiger partial charge in [0, 0.05) is 70.1 Å². The van der Waals surface area contributed by atoms with Crippen LogP contribution in [0.15, 0.2) is 48.5 Å². The number of anilines is 1. The summed E-state index contributed by atoms with van der Waals surface area (Å²) in [5.41, 5.74) is -3.39. The first kappa shape index (κ1) is 32.2. The van der Waals surface area contributed by atoms with Crippen molar-refractivity contribution in [2.24, 2.45) is 17.8 Å². The maximum atomic E-state index is 14.3. The van der Waals surface area contributed by atoms with Crippen molar-refractivity contribution in [2.45, 2.75) is 92.1 Å². The van der Waals surface area contributed by atoms with E-state index in [4.69, 9.17) is 23.7 Å². The highest BCUT2D eigenvalue weighted by atomic mass is 16.6. The Balaban J connectivity index is 1.13. The lowest BCUT2D eigenvalue weighted by Gasteiger charge is -2.69. The van der Waals surface area contributed by atoms with Gasteiger partial charge in [0.25, 0.3) is 5.91 Å². The Morgan fingerprint density at radius 3 is 2.44 bits per heavy atom. The van der Waals surface area contributed by atoms with Crippen LogP contribution in [0.4, 0.5) is 5.69 Å². The van der Waals surface area contributed by atoms with Gasteiger partial charge in [-0.25, -0.2) is 4.79 Å². The molecule has 0 aromatic heterocycles. The number of esters is 1. The molecule has 2 aromatic carbocycles. The highest BCUT2D eigenvalue weighted by Gasteiger charge is 2.87. The van der Waals surface area contributed by atoms with E-state index in [2.05, 4.69) is 10.2 Å². The van der Waals surface area contributed by atoms with Crippen LogP contribution in [-0.4, -0.2) is 108 Å². The third kappa shape index (κ3) is 3.97. The number of hydrogen-bond acceptors (Lipinski definition) is 10. The summed E-state index contributed by atoms with van der Waals surface area (Å²) in [6.45, 7) is 3.02. The predicted molar refractivity (Wildman–Crippen MR) is 174 cm³/mol. The quantitative estimate of drug-likeness (QED) is 0.343. The fourth-order valence-electron chi connectivity index (χ4n) is 11.6. The standard InChI is InChI=1S/C37H46N2O9/c1-5-47-22-12-10-21(11-13-22)32(40)38-25-9-7-6-8-23(25)33(41)48-34-15-14-30(45-3)36-27(34)19-29(39(36)17-16-34)35(42)20-26(44-2)24-18-28(36)37(35,43)31(24)46-4/h6-13,24,26-31,42-43H,5,14-20H2,1-4H3,(H,38,40)/t24-,26+,27?,28-,29?,30+,31+,34-,35+,36?,37+/m1/s1. The minimum absolute atomic E-state index is 0.0897. The van der Waals surface area contributed by atoms with Crippen LogP contribution >= 0.6 is 0 Å². The Morgan fingerprint density at radius 2 is 1.73 bits per heavy atom. The maximum Gasteiger partial charge on any atom is 0.340 e. The molecule has 12 atom stereocenters. The first-order chi connectivity index (χ1) is 23.1. The van der Waals surface area contributed by atoms with Crippen molar-refractivity contribution in [2.75, 3.05) is 39.8 Å². The number of amides is 1. The fourth-order valence-corrected chi connectivity index (χ4v) is 11.6. The molecule has 3 saturated carbocycles. The zero-order chi connectivity index (χ0) is 33.6. The number of nitrogens with one attached hydrogen (secondary N) is 1. The van der Waals surface area contributed by atoms with Crippen LogP contribution in [0.1, 0.15) is 66.2 Å². The normalized spacial score (nSPS) is 43.0. The van der Waals surface area contributed by atoms with Crippen molar-refractivity contribution in [1.82, 2.24) is 4.90 Å². The molecule has 48 heavy (non-hydrogen) atoms. The summed E-state index contributed by atoms with van der Waals surface area (Å²) in [5.74, 6) is -0.827. The Labute approximate surface area is 280 Å². The lowest BCUT2D eigenvalue weighted by molar-refractivity contribution is -0.330. The maximum absolute atomic E-state index is 14.3. The van der Waals surface area contributed by atoms with E-state index in [9.17, 15) is 19.8 Å². The Hall–Kier alpha value is -3.06. The molecular formula is C37H46N2O9. The summed E-state index contributed by atoms with van der Waals surface area (Å²) in [6, 6.07) is 13.4. The molecule has 3 saturated heterocycles. The summed E-state index contributed by atoms with van der Waals surface area (Å²) < 4.78 is 30.5. The number of nitrogens with zero attached hydrogens (tertiary/aromatic N) is 1. The number of fused-ring (bicyclic) bond motifs is 2. The van der Waals surface area contributed by atoms with Crippen molar-refractivity contribution in [3.63, 3.8) is 0 Å². The monoisotopic (exact) mass is 662 g/mol. The summed E-state index contributed by atoms with van der Waals surface area (Å²) in [7, 11) is 5.01. The van der Waals surface area contributed by atoms with Crippen molar-refractivity contribution in [3.05, 3.63) is 59.7 Å². The predicted octanol–water partition coefficient (Wildman–Crippen LogP) is 3.42. The van der Waals surface area contributed by atoms with Crippen LogP contribution in [0.5, 0.6) is 5.75 Å². The topological polar surface area (TPSA) is 136 Å². The van der Waals surface area contributed by atoms with E-state index in [0.29, 0.717) is 68.7 Å². The van der Waals surface area contributed by atoms with Gasteiger partial charge in [-0.05, 0) is 69.0 Å². The van der Waals surface area contributed by atoms with Gasteiger partial charge in [-0.15, -0.1) is 0 Å². The number of carbonyl (C=O) groups is 2. The molecule has 6 aliphatic rings. The van der Waals surface area contributed by atoms with E-state index < -0.39 is 34.4 Å². The summed E-state index contributed by atoms with van der Waals surface area (Å²) in [6.07, 6.45) is 2.26. The summed E-state index contributed by atoms with van der Waals surface area (Å²) in [5, 5.41) is 28.4. The number of piperidine rings is 2. The van der Waals surface area contributed by atoms with E-state index in [1.54, 1.807) is 69.9 Å². The van der Waals surface area contributed by atoms with Crippen LogP contribution in [0, 0.1) is 17.8 Å². The molecule has 1 spiro atoms. The Bertz CT molecular complexity index is 1600. The molecule has 6 fully saturated rings. The van der Waals surface area contributed by atoms with Crippen molar-refractivity contribution < 1.29 is 43.5 Å². The number of benzene rings is 2. The van der Waals surface area contributed by atoms with Crippen LogP contribution in [-0.2, 0) is 18.9 Å². The molecule has 11 heteroatoms. The average molecular weight is 663 g/mol. The zero-order valence-electron chi connectivity index (χ0n) is 28.0. The molecule has 4 unspecified atom stereocenters. The number of aliphatic hydroxyl groups is 2. The van der Waals surface area contributed by atoms with Crippen molar-refractivity contribution in [3.8, 4) is 5.75 Å². The molecule has 258 valence electrons. The van der Waals surface area contributed by atoms with E-state index in [-0.39, 0.29) is 47.5 Å². The smallest absolute Gasteiger partial charge is 0.340 e. The second kappa shape index (κ2) is 11.2. The van der Waals surface area contributed by atoms with Crippen LogP contribution < -0.4 is 10.1 Å². The van der Waals surface area contributed by atoms with E-state index in [0.717, 1.165) is 0 Å². The molecule has 3 heterocycles. The lowest BCUT2D eigenvalue weighted by atomic mass is 9.51. The molecule has 2 aromatic rings. The van der Waals surface area contributed by atoms with Gasteiger partial charge in [-0.1, -0.05) is 12.1 Å². The Morgan fingerprint density at radius 1 is 0.958 bits per heavy atom. The van der Waals surface area contributed by atoms with Gasteiger partial charge >= 0.3 is 5.97 Å². The van der Waals surface area contributed by atoms with E-state index in [1.807, 2.05) is 6.92 Å². The number of hydrogen-bond donors (Lipinski definition) is 3. The number of methoxy groups -OCH3 is 3. The van der Waals surface area contributed by atoms with E-state index >= 15 is 0 Å². The molecule has 3 aliphatic heterocycles. The number of carbonyl (C=O) groups excluding carboxylic acids is 2. The van der Waals surface area contributed by atoms with Gasteiger partial charge < -0.3 is 39.2 Å². The third-order valence-electron chi connectivity index (χ3n) is 13.3. The molecule has 3 N–H and O–H groups in total. The first-order valence-corrected chi connectivity index (χ1v) is 17.3. The average Bonchev–Trinajstić information content (AvgIpc) is 3.49. The second-order valence-corrected chi connectivity index (χ2v) is 14.6. The molecule has 0 radical (unpaired) electrons. The van der Waals surface area contributed by atoms with Crippen molar-refractivity contribution in [1.29, 1.82) is 0 Å². The zero-order valence-corrected chi connectivity index (χ0v) is 28.0. The minimum atomic E-state index is -1.50. The van der Waals surface area contributed by atoms with Gasteiger partial charge in [0.05, 0.1) is 41.7 Å². The van der Waals surface area contributed by atoms with Crippen LogP contribution in [0.3, 0.4) is 0 Å². The minimum Gasteiger partial charge on any atom is -0.494 e. The molecule has 8 rings (SSSR count). The highest BCUT2D eigenvalue weighted by molar-refractivity contribution is 6.08. The molecule has 1 amide bonds. The van der Waals surface area contributed by atoms with Gasteiger partial charge in [0.2, 0.25) is 0 Å². The fraction of sp³-hybridized carbons (Fsp3) is 0.622. The molecular weight excluding hydrogens is 616 g/mol. The third-order valence-corrected chi connectivity index (χ3v) is 13.3.